The van der Waals surface area contributed by atoms with Crippen molar-refractivity contribution in [2.45, 2.75) is 25.4 Å². The molecule has 2 rings (SSSR count). The molecular weight excluding hydrogens is 233 g/mol. The first-order valence-electron chi connectivity index (χ1n) is 6.14. The normalized spacial score (nSPS) is 19.1. The van der Waals surface area contributed by atoms with Crippen LogP contribution in [0.4, 0.5) is 10.1 Å². The average molecular weight is 251 g/mol. The van der Waals surface area contributed by atoms with Crippen molar-refractivity contribution in [3.8, 4) is 0 Å². The van der Waals surface area contributed by atoms with Crippen LogP contribution < -0.4 is 16.0 Å². The highest BCUT2D eigenvalue weighted by molar-refractivity contribution is 5.86. The maximum atomic E-state index is 13.7. The van der Waals surface area contributed by atoms with Gasteiger partial charge in [-0.2, -0.15) is 0 Å². The largest absolute Gasteiger partial charge is 0.359 e. The predicted octanol–water partition coefficient (Wildman–Crippen LogP) is 0.999. The lowest BCUT2D eigenvalue weighted by molar-refractivity contribution is -0.121. The van der Waals surface area contributed by atoms with Crippen LogP contribution in [0.1, 0.15) is 18.4 Å². The molecule has 0 spiro atoms. The minimum absolute atomic E-state index is 0.0280. The molecule has 1 aromatic rings. The van der Waals surface area contributed by atoms with E-state index in [4.69, 9.17) is 5.73 Å². The molecule has 1 amide bonds. The molecule has 0 aromatic heterocycles. The molecule has 0 bridgehead atoms. The first kappa shape index (κ1) is 12.8. The molecule has 3 N–H and O–H groups in total. The van der Waals surface area contributed by atoms with Crippen LogP contribution in [0, 0.1) is 5.82 Å². The van der Waals surface area contributed by atoms with Gasteiger partial charge in [0.25, 0.3) is 0 Å². The lowest BCUT2D eigenvalue weighted by atomic mass is 10.1. The van der Waals surface area contributed by atoms with E-state index in [1.54, 1.807) is 13.1 Å². The topological polar surface area (TPSA) is 58.4 Å². The molecule has 0 saturated carbocycles. The second-order valence-corrected chi connectivity index (χ2v) is 4.41. The second kappa shape index (κ2) is 5.35. The number of rotatable bonds is 3. The van der Waals surface area contributed by atoms with Crippen LogP contribution >= 0.6 is 0 Å². The average Bonchev–Trinajstić information content (AvgIpc) is 2.86. The van der Waals surface area contributed by atoms with Gasteiger partial charge in [-0.1, -0.05) is 6.07 Å². The van der Waals surface area contributed by atoms with E-state index in [-0.39, 0.29) is 24.3 Å². The summed E-state index contributed by atoms with van der Waals surface area (Å²) in [6, 6.07) is 4.66. The molecule has 4 nitrogen and oxygen atoms in total. The second-order valence-electron chi connectivity index (χ2n) is 4.41. The van der Waals surface area contributed by atoms with Crippen LogP contribution in [-0.2, 0) is 11.3 Å². The Labute approximate surface area is 106 Å². The van der Waals surface area contributed by atoms with Gasteiger partial charge in [-0.3, -0.25) is 4.79 Å². The summed E-state index contributed by atoms with van der Waals surface area (Å²) >= 11 is 0. The van der Waals surface area contributed by atoms with Gasteiger partial charge in [0, 0.05) is 31.4 Å². The summed E-state index contributed by atoms with van der Waals surface area (Å²) in [5, 5.41) is 2.65. The number of amides is 1. The summed E-state index contributed by atoms with van der Waals surface area (Å²) in [5.41, 5.74) is 6.83. The fourth-order valence-corrected chi connectivity index (χ4v) is 2.51. The number of nitrogens with two attached hydrogens (primary N) is 1. The van der Waals surface area contributed by atoms with Crippen molar-refractivity contribution in [2.75, 3.05) is 18.5 Å². The zero-order chi connectivity index (χ0) is 13.1. The highest BCUT2D eigenvalue weighted by Crippen LogP contribution is 2.30. The van der Waals surface area contributed by atoms with Gasteiger partial charge >= 0.3 is 0 Å². The molecule has 1 aliphatic rings. The number of carbonyl (C=O) groups is 1. The van der Waals surface area contributed by atoms with E-state index >= 15 is 0 Å². The third-order valence-electron chi connectivity index (χ3n) is 3.41. The van der Waals surface area contributed by atoms with Crippen LogP contribution in [-0.4, -0.2) is 25.5 Å². The summed E-state index contributed by atoms with van der Waals surface area (Å²) in [6.07, 6.45) is 1.72. The van der Waals surface area contributed by atoms with Gasteiger partial charge < -0.3 is 16.0 Å². The standard InChI is InChI=1S/C13H18FN3O/c1-16-13(18)12-6-3-7-17(12)11-5-2-4-10(14)9(11)8-15/h2,4-5,12H,3,6-8,15H2,1H3,(H,16,18). The van der Waals surface area contributed by atoms with Crippen molar-refractivity contribution in [1.29, 1.82) is 0 Å². The van der Waals surface area contributed by atoms with Crippen LogP contribution in [0.3, 0.4) is 0 Å². The molecule has 1 unspecified atom stereocenters. The lowest BCUT2D eigenvalue weighted by Gasteiger charge is -2.27. The van der Waals surface area contributed by atoms with Crippen molar-refractivity contribution in [3.05, 3.63) is 29.6 Å². The number of benzene rings is 1. The van der Waals surface area contributed by atoms with Gasteiger partial charge in [0.15, 0.2) is 0 Å². The molecule has 0 radical (unpaired) electrons. The maximum Gasteiger partial charge on any atom is 0.242 e. The fraction of sp³-hybridized carbons (Fsp3) is 0.462. The third kappa shape index (κ3) is 2.18. The first-order chi connectivity index (χ1) is 8.69. The number of carbonyl (C=O) groups excluding carboxylic acids is 1. The molecule has 98 valence electrons. The first-order valence-corrected chi connectivity index (χ1v) is 6.14. The Morgan fingerprint density at radius 2 is 2.39 bits per heavy atom. The third-order valence-corrected chi connectivity index (χ3v) is 3.41. The Balaban J connectivity index is 2.36. The monoisotopic (exact) mass is 251 g/mol. The van der Waals surface area contributed by atoms with Crippen molar-refractivity contribution >= 4 is 11.6 Å². The SMILES string of the molecule is CNC(=O)C1CCCN1c1cccc(F)c1CN. The Morgan fingerprint density at radius 1 is 1.61 bits per heavy atom. The molecule has 1 atom stereocenters. The number of halogens is 1. The number of hydrogen-bond acceptors (Lipinski definition) is 3. The predicted molar refractivity (Wildman–Crippen MR) is 68.7 cm³/mol. The molecule has 0 aliphatic carbocycles. The van der Waals surface area contributed by atoms with E-state index < -0.39 is 0 Å². The number of hydrogen-bond donors (Lipinski definition) is 2. The molecule has 1 aliphatic heterocycles. The number of anilines is 1. The molecule has 1 saturated heterocycles. The van der Waals surface area contributed by atoms with Crippen molar-refractivity contribution in [1.82, 2.24) is 5.32 Å². The summed E-state index contributed by atoms with van der Waals surface area (Å²) in [4.78, 5) is 13.8. The summed E-state index contributed by atoms with van der Waals surface area (Å²) in [7, 11) is 1.62. The summed E-state index contributed by atoms with van der Waals surface area (Å²) in [5.74, 6) is -0.336. The molecule has 1 fully saturated rings. The van der Waals surface area contributed by atoms with Gasteiger partial charge in [0.05, 0.1) is 0 Å². The van der Waals surface area contributed by atoms with Gasteiger partial charge in [-0.25, -0.2) is 4.39 Å². The van der Waals surface area contributed by atoms with Crippen molar-refractivity contribution in [3.63, 3.8) is 0 Å². The highest BCUT2D eigenvalue weighted by Gasteiger charge is 2.31. The van der Waals surface area contributed by atoms with Gasteiger partial charge in [-0.05, 0) is 25.0 Å². The number of nitrogens with zero attached hydrogens (tertiary/aromatic N) is 1. The highest BCUT2D eigenvalue weighted by atomic mass is 19.1. The Morgan fingerprint density at radius 3 is 3.06 bits per heavy atom. The van der Waals surface area contributed by atoms with Crippen molar-refractivity contribution in [2.24, 2.45) is 5.73 Å². The van der Waals surface area contributed by atoms with Gasteiger partial charge in [-0.15, -0.1) is 0 Å². The zero-order valence-electron chi connectivity index (χ0n) is 10.4. The van der Waals surface area contributed by atoms with E-state index in [0.717, 1.165) is 25.1 Å². The van der Waals surface area contributed by atoms with Gasteiger partial charge in [0.1, 0.15) is 11.9 Å². The Kier molecular flexibility index (Phi) is 3.81. The molecule has 18 heavy (non-hydrogen) atoms. The zero-order valence-corrected chi connectivity index (χ0v) is 10.4. The quantitative estimate of drug-likeness (QED) is 0.842. The van der Waals surface area contributed by atoms with E-state index in [2.05, 4.69) is 5.32 Å². The maximum absolute atomic E-state index is 13.7. The van der Waals surface area contributed by atoms with Crippen LogP contribution in [0.25, 0.3) is 0 Å². The van der Waals surface area contributed by atoms with E-state index in [1.807, 2.05) is 11.0 Å². The summed E-state index contributed by atoms with van der Waals surface area (Å²) < 4.78 is 13.7. The van der Waals surface area contributed by atoms with Gasteiger partial charge in [0.2, 0.25) is 5.91 Å². The minimum atomic E-state index is -0.308. The molecule has 1 heterocycles. The summed E-state index contributed by atoms with van der Waals surface area (Å²) in [6.45, 7) is 0.896. The van der Waals surface area contributed by atoms with Crippen molar-refractivity contribution < 1.29 is 9.18 Å². The molecule has 1 aromatic carbocycles. The fourth-order valence-electron chi connectivity index (χ4n) is 2.51. The van der Waals surface area contributed by atoms with E-state index in [9.17, 15) is 9.18 Å². The van der Waals surface area contributed by atoms with E-state index in [0.29, 0.717) is 5.56 Å². The Bertz CT molecular complexity index is 450. The molecule has 5 heteroatoms. The lowest BCUT2D eigenvalue weighted by Crippen LogP contribution is -2.42. The van der Waals surface area contributed by atoms with Crippen LogP contribution in [0.2, 0.25) is 0 Å². The Hall–Kier alpha value is -1.62. The minimum Gasteiger partial charge on any atom is -0.359 e. The van der Waals surface area contributed by atoms with Crippen LogP contribution in [0.5, 0.6) is 0 Å². The molecular formula is C13H18FN3O. The number of likely N-dealkylation sites (N-methyl/N-ethyl adjacent to an activating group) is 1. The van der Waals surface area contributed by atoms with E-state index in [1.165, 1.54) is 6.07 Å². The smallest absolute Gasteiger partial charge is 0.242 e. The number of nitrogens with one attached hydrogen (secondary N) is 1. The van der Waals surface area contributed by atoms with Crippen LogP contribution in [0.15, 0.2) is 18.2 Å².